The van der Waals surface area contributed by atoms with Crippen molar-refractivity contribution in [3.63, 3.8) is 0 Å². The van der Waals surface area contributed by atoms with Gasteiger partial charge in [0, 0.05) is 42.2 Å². The van der Waals surface area contributed by atoms with E-state index in [-0.39, 0.29) is 0 Å². The van der Waals surface area contributed by atoms with Gasteiger partial charge in [-0.2, -0.15) is 11.8 Å². The number of thioether (sulfide) groups is 1. The molecule has 0 bridgehead atoms. The van der Waals surface area contributed by atoms with E-state index in [9.17, 15) is 0 Å². The predicted octanol–water partition coefficient (Wildman–Crippen LogP) is 2.59. The van der Waals surface area contributed by atoms with Crippen molar-refractivity contribution in [1.82, 2.24) is 10.2 Å². The van der Waals surface area contributed by atoms with E-state index in [1.165, 1.54) is 25.3 Å². The maximum Gasteiger partial charge on any atom is 0.0231 e. The second-order valence-electron chi connectivity index (χ2n) is 5.65. The number of hydrogen-bond acceptors (Lipinski definition) is 3. The summed E-state index contributed by atoms with van der Waals surface area (Å²) in [6, 6.07) is 1.31. The maximum atomic E-state index is 3.61. The molecule has 0 saturated carbocycles. The molecule has 0 aromatic rings. The third-order valence-electron chi connectivity index (χ3n) is 3.45. The largest absolute Gasteiger partial charge is 0.313 e. The zero-order valence-corrected chi connectivity index (χ0v) is 12.4. The van der Waals surface area contributed by atoms with Crippen LogP contribution in [0.25, 0.3) is 0 Å². The normalized spacial score (nSPS) is 25.3. The van der Waals surface area contributed by atoms with Crippen LogP contribution in [0.15, 0.2) is 0 Å². The molecule has 0 spiro atoms. The van der Waals surface area contributed by atoms with E-state index < -0.39 is 0 Å². The fraction of sp³-hybridized carbons (Fsp3) is 1.00. The summed E-state index contributed by atoms with van der Waals surface area (Å²) in [7, 11) is 0. The summed E-state index contributed by atoms with van der Waals surface area (Å²) in [6.07, 6.45) is 1.22. The van der Waals surface area contributed by atoms with Crippen molar-refractivity contribution in [1.29, 1.82) is 0 Å². The van der Waals surface area contributed by atoms with Gasteiger partial charge in [-0.3, -0.25) is 4.90 Å². The van der Waals surface area contributed by atoms with E-state index >= 15 is 0 Å². The zero-order valence-electron chi connectivity index (χ0n) is 11.5. The van der Waals surface area contributed by atoms with Crippen LogP contribution in [0.4, 0.5) is 0 Å². The molecular formula is C13H28N2S. The van der Waals surface area contributed by atoms with E-state index in [2.05, 4.69) is 56.6 Å². The summed E-state index contributed by atoms with van der Waals surface area (Å²) in [5.41, 5.74) is 0. The Morgan fingerprint density at radius 1 is 1.38 bits per heavy atom. The molecule has 2 nitrogen and oxygen atoms in total. The second kappa shape index (κ2) is 6.27. The third kappa shape index (κ3) is 4.64. The van der Waals surface area contributed by atoms with Crippen LogP contribution in [0, 0.1) is 0 Å². The van der Waals surface area contributed by atoms with E-state index in [1.807, 2.05) is 0 Å². The minimum absolute atomic E-state index is 0.433. The van der Waals surface area contributed by atoms with Crippen molar-refractivity contribution in [2.75, 3.05) is 25.4 Å². The van der Waals surface area contributed by atoms with Crippen LogP contribution >= 0.6 is 11.8 Å². The second-order valence-corrected chi connectivity index (χ2v) is 7.45. The first kappa shape index (κ1) is 14.3. The number of nitrogens with one attached hydrogen (secondary N) is 1. The Bertz CT molecular complexity index is 206. The summed E-state index contributed by atoms with van der Waals surface area (Å²) in [5, 5.41) is 3.61. The van der Waals surface area contributed by atoms with Crippen molar-refractivity contribution in [3.8, 4) is 0 Å². The lowest BCUT2D eigenvalue weighted by atomic mass is 10.1. The summed E-state index contributed by atoms with van der Waals surface area (Å²) in [4.78, 5) is 2.63. The molecule has 0 aromatic carbocycles. The highest BCUT2D eigenvalue weighted by Crippen LogP contribution is 2.30. The first-order valence-corrected chi connectivity index (χ1v) is 7.54. The quantitative estimate of drug-likeness (QED) is 0.800. The summed E-state index contributed by atoms with van der Waals surface area (Å²) >= 11 is 2.11. The number of nitrogens with zero attached hydrogens (tertiary/aromatic N) is 1. The lowest BCUT2D eigenvalue weighted by Crippen LogP contribution is -2.50. The molecule has 1 N–H and O–H groups in total. The highest BCUT2D eigenvalue weighted by Gasteiger charge is 2.29. The summed E-state index contributed by atoms with van der Waals surface area (Å²) in [6.45, 7) is 15.2. The summed E-state index contributed by atoms with van der Waals surface area (Å²) in [5.74, 6) is 1.28. The van der Waals surface area contributed by atoms with Gasteiger partial charge in [0.2, 0.25) is 0 Å². The average Bonchev–Trinajstić information content (AvgIpc) is 2.23. The van der Waals surface area contributed by atoms with Gasteiger partial charge < -0.3 is 5.32 Å². The van der Waals surface area contributed by atoms with Crippen LogP contribution in [-0.4, -0.2) is 47.1 Å². The minimum Gasteiger partial charge on any atom is -0.313 e. The van der Waals surface area contributed by atoms with E-state index in [0.717, 1.165) is 6.54 Å². The van der Waals surface area contributed by atoms with Crippen molar-refractivity contribution in [3.05, 3.63) is 0 Å². The molecule has 0 amide bonds. The molecule has 1 fully saturated rings. The topological polar surface area (TPSA) is 15.3 Å². The van der Waals surface area contributed by atoms with Gasteiger partial charge in [-0.15, -0.1) is 0 Å². The highest BCUT2D eigenvalue weighted by molar-refractivity contribution is 8.00. The van der Waals surface area contributed by atoms with Gasteiger partial charge >= 0.3 is 0 Å². The summed E-state index contributed by atoms with van der Waals surface area (Å²) < 4.78 is 0.433. The molecular weight excluding hydrogens is 216 g/mol. The molecule has 2 unspecified atom stereocenters. The molecule has 1 aliphatic heterocycles. The lowest BCUT2D eigenvalue weighted by Gasteiger charge is -2.41. The standard InChI is InChI=1S/C13H28N2S/c1-6-11(2)14-9-12(3)15-7-8-16-13(4,5)10-15/h11-12,14H,6-10H2,1-5H3. The van der Waals surface area contributed by atoms with E-state index in [1.54, 1.807) is 0 Å². The smallest absolute Gasteiger partial charge is 0.0231 e. The number of rotatable bonds is 5. The molecule has 96 valence electrons. The monoisotopic (exact) mass is 244 g/mol. The Balaban J connectivity index is 2.33. The van der Waals surface area contributed by atoms with E-state index in [0.29, 0.717) is 16.8 Å². The van der Waals surface area contributed by atoms with Crippen LogP contribution < -0.4 is 5.32 Å². The fourth-order valence-electron chi connectivity index (χ4n) is 2.07. The molecule has 1 aliphatic rings. The molecule has 0 radical (unpaired) electrons. The van der Waals surface area contributed by atoms with Crippen molar-refractivity contribution in [2.45, 2.75) is 57.9 Å². The van der Waals surface area contributed by atoms with Gasteiger partial charge in [0.15, 0.2) is 0 Å². The SMILES string of the molecule is CCC(C)NCC(C)N1CCSC(C)(C)C1. The van der Waals surface area contributed by atoms with Crippen LogP contribution in [0.1, 0.15) is 41.0 Å². The molecule has 0 aliphatic carbocycles. The number of hydrogen-bond donors (Lipinski definition) is 1. The van der Waals surface area contributed by atoms with Gasteiger partial charge in [0.1, 0.15) is 0 Å². The Hall–Kier alpha value is 0.270. The highest BCUT2D eigenvalue weighted by atomic mass is 32.2. The van der Waals surface area contributed by atoms with Crippen molar-refractivity contribution < 1.29 is 0 Å². The van der Waals surface area contributed by atoms with Crippen LogP contribution in [-0.2, 0) is 0 Å². The molecule has 16 heavy (non-hydrogen) atoms. The predicted molar refractivity (Wildman–Crippen MR) is 75.3 cm³/mol. The molecule has 1 rings (SSSR count). The van der Waals surface area contributed by atoms with Gasteiger partial charge in [-0.25, -0.2) is 0 Å². The van der Waals surface area contributed by atoms with Gasteiger partial charge in [0.25, 0.3) is 0 Å². The molecule has 1 heterocycles. The Labute approximate surface area is 106 Å². The molecule has 2 atom stereocenters. The van der Waals surface area contributed by atoms with Crippen molar-refractivity contribution >= 4 is 11.8 Å². The molecule has 0 aromatic heterocycles. The fourth-order valence-corrected chi connectivity index (χ4v) is 3.21. The Morgan fingerprint density at radius 2 is 2.06 bits per heavy atom. The first-order valence-electron chi connectivity index (χ1n) is 6.56. The van der Waals surface area contributed by atoms with Gasteiger partial charge in [-0.05, 0) is 34.1 Å². The molecule has 1 saturated heterocycles. The van der Waals surface area contributed by atoms with Gasteiger partial charge in [0.05, 0.1) is 0 Å². The van der Waals surface area contributed by atoms with Crippen LogP contribution in [0.5, 0.6) is 0 Å². The lowest BCUT2D eigenvalue weighted by molar-refractivity contribution is 0.192. The Morgan fingerprint density at radius 3 is 2.62 bits per heavy atom. The molecule has 3 heteroatoms. The van der Waals surface area contributed by atoms with Crippen LogP contribution in [0.2, 0.25) is 0 Å². The average molecular weight is 244 g/mol. The van der Waals surface area contributed by atoms with E-state index in [4.69, 9.17) is 0 Å². The van der Waals surface area contributed by atoms with Crippen LogP contribution in [0.3, 0.4) is 0 Å². The van der Waals surface area contributed by atoms with Gasteiger partial charge in [-0.1, -0.05) is 6.92 Å². The van der Waals surface area contributed by atoms with Crippen molar-refractivity contribution in [2.24, 2.45) is 0 Å². The third-order valence-corrected chi connectivity index (χ3v) is 4.75. The zero-order chi connectivity index (χ0) is 12.2. The minimum atomic E-state index is 0.433. The first-order chi connectivity index (χ1) is 7.44. The maximum absolute atomic E-state index is 3.61. The Kier molecular flexibility index (Phi) is 5.62.